The third kappa shape index (κ3) is 3.79. The first-order chi connectivity index (χ1) is 7.63. The molecule has 0 radical (unpaired) electrons. The molecule has 0 aliphatic rings. The highest BCUT2D eigenvalue weighted by molar-refractivity contribution is 7.89. The van der Waals surface area contributed by atoms with Gasteiger partial charge in [-0.15, -0.1) is 0 Å². The number of hydrogen-bond acceptors (Lipinski definition) is 4. The second kappa shape index (κ2) is 4.75. The lowest BCUT2D eigenvalue weighted by molar-refractivity contribution is 0.0677. The number of aromatic nitrogens is 2. The molecule has 0 fully saturated rings. The number of sulfonamides is 1. The van der Waals surface area contributed by atoms with E-state index in [1.807, 2.05) is 20.8 Å². The molecule has 0 saturated heterocycles. The number of nitrogens with one attached hydrogen (secondary N) is 1. The van der Waals surface area contributed by atoms with Gasteiger partial charge in [0.2, 0.25) is 10.0 Å². The summed E-state index contributed by atoms with van der Waals surface area (Å²) in [7, 11) is -1.95. The Morgan fingerprint density at radius 1 is 1.53 bits per heavy atom. The summed E-state index contributed by atoms with van der Waals surface area (Å²) < 4.78 is 27.4. The van der Waals surface area contributed by atoms with Gasteiger partial charge in [-0.05, 0) is 5.41 Å². The fraction of sp³-hybridized carbons (Fsp3) is 0.700. The molecule has 1 unspecified atom stereocenters. The van der Waals surface area contributed by atoms with Crippen molar-refractivity contribution in [3.63, 3.8) is 0 Å². The molecule has 1 aromatic heterocycles. The van der Waals surface area contributed by atoms with Crippen LogP contribution in [0.1, 0.15) is 20.8 Å². The molecule has 17 heavy (non-hydrogen) atoms. The minimum absolute atomic E-state index is 0.0132. The molecule has 0 saturated carbocycles. The van der Waals surface area contributed by atoms with Gasteiger partial charge in [0.15, 0.2) is 0 Å². The summed E-state index contributed by atoms with van der Waals surface area (Å²) >= 11 is 0. The summed E-state index contributed by atoms with van der Waals surface area (Å²) in [4.78, 5) is 0.0982. The fourth-order valence-electron chi connectivity index (χ4n) is 1.12. The zero-order valence-corrected chi connectivity index (χ0v) is 11.3. The van der Waals surface area contributed by atoms with E-state index in [4.69, 9.17) is 0 Å². The second-order valence-corrected chi connectivity index (χ2v) is 6.85. The van der Waals surface area contributed by atoms with Crippen molar-refractivity contribution in [2.75, 3.05) is 6.54 Å². The highest BCUT2D eigenvalue weighted by Crippen LogP contribution is 2.18. The van der Waals surface area contributed by atoms with Crippen LogP contribution in [0.2, 0.25) is 0 Å². The van der Waals surface area contributed by atoms with Crippen LogP contribution in [-0.4, -0.2) is 36.0 Å². The Morgan fingerprint density at radius 2 is 2.12 bits per heavy atom. The smallest absolute Gasteiger partial charge is 0.243 e. The van der Waals surface area contributed by atoms with E-state index in [9.17, 15) is 13.5 Å². The van der Waals surface area contributed by atoms with Crippen LogP contribution >= 0.6 is 0 Å². The van der Waals surface area contributed by atoms with Gasteiger partial charge in [0, 0.05) is 19.8 Å². The predicted molar refractivity (Wildman–Crippen MR) is 63.9 cm³/mol. The first-order valence-electron chi connectivity index (χ1n) is 5.29. The van der Waals surface area contributed by atoms with Crippen LogP contribution in [0.15, 0.2) is 17.3 Å². The first-order valence-corrected chi connectivity index (χ1v) is 6.77. The van der Waals surface area contributed by atoms with Crippen molar-refractivity contribution in [1.29, 1.82) is 0 Å². The Kier molecular flexibility index (Phi) is 3.95. The van der Waals surface area contributed by atoms with Crippen LogP contribution in [0.3, 0.4) is 0 Å². The molecule has 1 rings (SSSR count). The quantitative estimate of drug-likeness (QED) is 0.805. The molecule has 0 bridgehead atoms. The van der Waals surface area contributed by atoms with Crippen LogP contribution in [0.4, 0.5) is 0 Å². The van der Waals surface area contributed by atoms with Gasteiger partial charge in [0.05, 0.1) is 12.3 Å². The van der Waals surface area contributed by atoms with Crippen molar-refractivity contribution in [3.05, 3.63) is 12.4 Å². The molecule has 0 amide bonds. The lowest BCUT2D eigenvalue weighted by atomic mass is 9.89. The highest BCUT2D eigenvalue weighted by Gasteiger charge is 2.24. The van der Waals surface area contributed by atoms with Crippen molar-refractivity contribution in [2.45, 2.75) is 31.8 Å². The summed E-state index contributed by atoms with van der Waals surface area (Å²) in [6.45, 7) is 5.52. The molecule has 0 aromatic carbocycles. The summed E-state index contributed by atoms with van der Waals surface area (Å²) in [6.07, 6.45) is 1.94. The monoisotopic (exact) mass is 261 g/mol. The van der Waals surface area contributed by atoms with E-state index in [1.54, 1.807) is 7.05 Å². The Bertz CT molecular complexity index is 473. The van der Waals surface area contributed by atoms with Gasteiger partial charge in [-0.3, -0.25) is 4.68 Å². The Balaban J connectivity index is 2.69. The number of aryl methyl sites for hydroxylation is 1. The van der Waals surface area contributed by atoms with Gasteiger partial charge in [-0.2, -0.15) is 5.10 Å². The predicted octanol–water partition coefficient (Wildman–Crippen LogP) is 0.105. The normalized spacial score (nSPS) is 14.9. The molecule has 2 N–H and O–H groups in total. The maximum absolute atomic E-state index is 11.8. The molecule has 6 nitrogen and oxygen atoms in total. The Labute approximate surface area is 102 Å². The number of aliphatic hydroxyl groups excluding tert-OH is 1. The van der Waals surface area contributed by atoms with Gasteiger partial charge >= 0.3 is 0 Å². The molecule has 0 aliphatic carbocycles. The average Bonchev–Trinajstić information content (AvgIpc) is 2.60. The van der Waals surface area contributed by atoms with E-state index in [0.717, 1.165) is 0 Å². The van der Waals surface area contributed by atoms with Crippen molar-refractivity contribution in [3.8, 4) is 0 Å². The van der Waals surface area contributed by atoms with Gasteiger partial charge in [-0.1, -0.05) is 20.8 Å². The van der Waals surface area contributed by atoms with Crippen molar-refractivity contribution in [2.24, 2.45) is 12.5 Å². The molecular formula is C10H19N3O3S. The van der Waals surface area contributed by atoms with E-state index < -0.39 is 16.1 Å². The maximum Gasteiger partial charge on any atom is 0.243 e. The van der Waals surface area contributed by atoms with Gasteiger partial charge in [0.1, 0.15) is 4.90 Å². The van der Waals surface area contributed by atoms with Gasteiger partial charge in [-0.25, -0.2) is 13.1 Å². The lowest BCUT2D eigenvalue weighted by Gasteiger charge is -2.25. The zero-order valence-electron chi connectivity index (χ0n) is 10.5. The van der Waals surface area contributed by atoms with Gasteiger partial charge < -0.3 is 5.11 Å². The van der Waals surface area contributed by atoms with E-state index in [0.29, 0.717) is 0 Å². The molecule has 1 aromatic rings. The van der Waals surface area contributed by atoms with Crippen LogP contribution in [0.5, 0.6) is 0 Å². The number of hydrogen-bond donors (Lipinski definition) is 2. The number of aliphatic hydroxyl groups is 1. The molecule has 0 spiro atoms. The molecule has 98 valence electrons. The third-order valence-corrected chi connectivity index (χ3v) is 3.84. The largest absolute Gasteiger partial charge is 0.391 e. The van der Waals surface area contributed by atoms with Crippen LogP contribution < -0.4 is 4.72 Å². The third-order valence-electron chi connectivity index (χ3n) is 2.46. The lowest BCUT2D eigenvalue weighted by Crippen LogP contribution is -2.39. The first kappa shape index (κ1) is 14.1. The van der Waals surface area contributed by atoms with E-state index in [1.165, 1.54) is 17.1 Å². The van der Waals surface area contributed by atoms with E-state index in [-0.39, 0.29) is 16.9 Å². The van der Waals surface area contributed by atoms with Crippen LogP contribution in [0, 0.1) is 5.41 Å². The SMILES string of the molecule is Cn1cc(S(=O)(=O)NCC(O)C(C)(C)C)cn1. The van der Waals surface area contributed by atoms with Crippen LogP contribution in [-0.2, 0) is 17.1 Å². The fourth-order valence-corrected chi connectivity index (χ4v) is 2.14. The van der Waals surface area contributed by atoms with Crippen molar-refractivity contribution >= 4 is 10.0 Å². The highest BCUT2D eigenvalue weighted by atomic mass is 32.2. The summed E-state index contributed by atoms with van der Waals surface area (Å²) in [5, 5.41) is 13.5. The molecule has 0 aliphatic heterocycles. The zero-order chi connectivity index (χ0) is 13.3. The summed E-state index contributed by atoms with van der Waals surface area (Å²) in [6, 6.07) is 0. The molecule has 1 atom stereocenters. The Morgan fingerprint density at radius 3 is 2.53 bits per heavy atom. The van der Waals surface area contributed by atoms with Crippen LogP contribution in [0.25, 0.3) is 0 Å². The van der Waals surface area contributed by atoms with Crippen molar-refractivity contribution in [1.82, 2.24) is 14.5 Å². The Hall–Kier alpha value is -0.920. The number of rotatable bonds is 4. The van der Waals surface area contributed by atoms with Gasteiger partial charge in [0.25, 0.3) is 0 Å². The molecule has 7 heteroatoms. The minimum atomic E-state index is -3.59. The summed E-state index contributed by atoms with van der Waals surface area (Å²) in [5.41, 5.74) is -0.364. The average molecular weight is 261 g/mol. The molecular weight excluding hydrogens is 242 g/mol. The minimum Gasteiger partial charge on any atom is -0.391 e. The summed E-state index contributed by atoms with van der Waals surface area (Å²) in [5.74, 6) is 0. The van der Waals surface area contributed by atoms with E-state index in [2.05, 4.69) is 9.82 Å². The maximum atomic E-state index is 11.8. The van der Waals surface area contributed by atoms with E-state index >= 15 is 0 Å². The van der Waals surface area contributed by atoms with Crippen molar-refractivity contribution < 1.29 is 13.5 Å². The second-order valence-electron chi connectivity index (χ2n) is 5.08. The number of nitrogens with zero attached hydrogens (tertiary/aromatic N) is 2. The topological polar surface area (TPSA) is 84.2 Å². The molecule has 1 heterocycles. The standard InChI is InChI=1S/C10H19N3O3S/c1-10(2,3)9(14)6-12-17(15,16)8-5-11-13(4)7-8/h5,7,9,12,14H,6H2,1-4H3.